The Labute approximate surface area is 396 Å². The SMILES string of the molecule is O=C(NCCc1ccc(F)cc1)C1CN(C(=O)c2ccc(C(=O)N3C[C@@H](C(=O)NCCc4ccc(F)cc4)[C@H](C(=O)NCCc4ccc(F)cc4)C3)c(O)c2)CC1C(=O)NCCc1ccc(F)cc1. The van der Waals surface area contributed by atoms with Crippen molar-refractivity contribution in [2.75, 3.05) is 52.4 Å². The number of likely N-dealkylation sites (tertiary alicyclic amines) is 2. The maximum absolute atomic E-state index is 14.0. The third-order valence-corrected chi connectivity index (χ3v) is 12.5. The standard InChI is InChI=1S/C52H52F4N6O7/c53-37-10-1-32(2-11-37)19-23-57-47(64)42-28-61(29-43(42)48(65)58-24-20-33-3-12-38(54)13-4-33)51(68)36-9-18-41(46(63)27-36)52(69)62-30-44(49(66)59-25-21-34-5-14-39(55)15-6-34)45(31-62)50(67)60-26-22-35-7-16-40(56)17-8-35/h1-18,27,42-45,63H,19-26,28-31H2,(H,57,64)(H,58,65)(H,59,66)(H,60,67)/t42?,43?,44-,45-/m1/s1. The fourth-order valence-electron chi connectivity index (χ4n) is 8.65. The van der Waals surface area contributed by atoms with E-state index in [0.717, 1.165) is 28.3 Å². The van der Waals surface area contributed by atoms with Crippen LogP contribution in [0.2, 0.25) is 0 Å². The Kier molecular flexibility index (Phi) is 16.4. The molecule has 13 nitrogen and oxygen atoms in total. The van der Waals surface area contributed by atoms with E-state index in [1.807, 2.05) is 0 Å². The number of carbonyl (C=O) groups is 6. The first-order valence-electron chi connectivity index (χ1n) is 22.7. The van der Waals surface area contributed by atoms with Gasteiger partial charge in [-0.2, -0.15) is 0 Å². The maximum atomic E-state index is 14.0. The van der Waals surface area contributed by atoms with Crippen molar-refractivity contribution in [1.29, 1.82) is 0 Å². The Hall–Kier alpha value is -7.56. The molecule has 0 saturated carbocycles. The normalized spacial score (nSPS) is 17.6. The number of benzene rings is 5. The van der Waals surface area contributed by atoms with E-state index in [2.05, 4.69) is 21.3 Å². The highest BCUT2D eigenvalue weighted by molar-refractivity contribution is 6.02. The number of amides is 6. The molecule has 0 bridgehead atoms. The van der Waals surface area contributed by atoms with Crippen molar-refractivity contribution in [3.8, 4) is 5.75 Å². The van der Waals surface area contributed by atoms with Crippen LogP contribution >= 0.6 is 0 Å². The molecule has 5 N–H and O–H groups in total. The zero-order chi connectivity index (χ0) is 49.0. The number of phenolic OH excluding ortho intramolecular Hbond substituents is 1. The van der Waals surface area contributed by atoms with Gasteiger partial charge in [0.05, 0.1) is 29.2 Å². The number of hydrogen-bond acceptors (Lipinski definition) is 7. The van der Waals surface area contributed by atoms with E-state index in [-0.39, 0.29) is 63.5 Å². The van der Waals surface area contributed by atoms with Gasteiger partial charge >= 0.3 is 0 Å². The van der Waals surface area contributed by atoms with Crippen molar-refractivity contribution >= 4 is 35.4 Å². The van der Waals surface area contributed by atoms with Gasteiger partial charge in [-0.15, -0.1) is 0 Å². The lowest BCUT2D eigenvalue weighted by Crippen LogP contribution is -2.42. The molecule has 0 aliphatic carbocycles. The second kappa shape index (κ2) is 23.0. The van der Waals surface area contributed by atoms with E-state index in [1.54, 1.807) is 48.5 Å². The number of aromatic hydroxyl groups is 1. The Bertz CT molecular complexity index is 2490. The molecule has 2 heterocycles. The van der Waals surface area contributed by atoms with Crippen LogP contribution in [0.5, 0.6) is 5.75 Å². The molecule has 5 aromatic rings. The van der Waals surface area contributed by atoms with Crippen molar-refractivity contribution in [3.63, 3.8) is 0 Å². The molecule has 7 rings (SSSR count). The lowest BCUT2D eigenvalue weighted by molar-refractivity contribution is -0.132. The average Bonchev–Trinajstić information content (AvgIpc) is 4.01. The summed E-state index contributed by atoms with van der Waals surface area (Å²) in [6.45, 7) is 0.0677. The van der Waals surface area contributed by atoms with Crippen molar-refractivity contribution in [2.24, 2.45) is 23.7 Å². The van der Waals surface area contributed by atoms with Crippen LogP contribution in [0.3, 0.4) is 0 Å². The first kappa shape index (κ1) is 49.3. The summed E-state index contributed by atoms with van der Waals surface area (Å²) in [6.07, 6.45) is 1.53. The molecular formula is C52H52F4N6O7. The molecule has 17 heteroatoms. The van der Waals surface area contributed by atoms with E-state index < -0.39 is 88.1 Å². The summed E-state index contributed by atoms with van der Waals surface area (Å²) in [5.41, 5.74) is 2.88. The van der Waals surface area contributed by atoms with Crippen LogP contribution < -0.4 is 21.3 Å². The van der Waals surface area contributed by atoms with Gasteiger partial charge in [0.1, 0.15) is 29.0 Å². The molecule has 5 aromatic carbocycles. The Balaban J connectivity index is 1.01. The quantitative estimate of drug-likeness (QED) is 0.0787. The number of nitrogens with one attached hydrogen (secondary N) is 4. The topological polar surface area (TPSA) is 177 Å². The molecule has 69 heavy (non-hydrogen) atoms. The van der Waals surface area contributed by atoms with Gasteiger partial charge in [-0.1, -0.05) is 48.5 Å². The molecule has 2 saturated heterocycles. The van der Waals surface area contributed by atoms with E-state index in [0.29, 0.717) is 25.7 Å². The van der Waals surface area contributed by atoms with Gasteiger partial charge in [0, 0.05) is 57.9 Å². The van der Waals surface area contributed by atoms with Crippen molar-refractivity contribution < 1.29 is 51.4 Å². The minimum atomic E-state index is -0.979. The zero-order valence-electron chi connectivity index (χ0n) is 37.6. The van der Waals surface area contributed by atoms with Gasteiger partial charge in [0.15, 0.2) is 0 Å². The molecule has 2 aliphatic heterocycles. The summed E-state index contributed by atoms with van der Waals surface area (Å²) >= 11 is 0. The number of halogens is 4. The van der Waals surface area contributed by atoms with Gasteiger partial charge in [0.2, 0.25) is 23.6 Å². The van der Waals surface area contributed by atoms with E-state index >= 15 is 0 Å². The first-order chi connectivity index (χ1) is 33.2. The van der Waals surface area contributed by atoms with Crippen LogP contribution in [-0.2, 0) is 44.9 Å². The van der Waals surface area contributed by atoms with Gasteiger partial charge in [-0.05, 0) is 115 Å². The number of phenols is 1. The smallest absolute Gasteiger partial charge is 0.257 e. The van der Waals surface area contributed by atoms with Crippen LogP contribution in [0.25, 0.3) is 0 Å². The molecule has 0 radical (unpaired) electrons. The second-order valence-electron chi connectivity index (χ2n) is 17.2. The van der Waals surface area contributed by atoms with Gasteiger partial charge in [0.25, 0.3) is 11.8 Å². The molecule has 2 unspecified atom stereocenters. The Morgan fingerprint density at radius 1 is 0.420 bits per heavy atom. The van der Waals surface area contributed by atoms with Crippen molar-refractivity contribution in [2.45, 2.75) is 25.7 Å². The fourth-order valence-corrected chi connectivity index (χ4v) is 8.65. The lowest BCUT2D eigenvalue weighted by Gasteiger charge is -2.19. The number of rotatable bonds is 18. The highest BCUT2D eigenvalue weighted by Gasteiger charge is 2.45. The summed E-state index contributed by atoms with van der Waals surface area (Å²) in [4.78, 5) is 85.2. The molecular weight excluding hydrogens is 897 g/mol. The summed E-state index contributed by atoms with van der Waals surface area (Å²) in [5.74, 6) is -9.25. The van der Waals surface area contributed by atoms with Crippen LogP contribution in [0.15, 0.2) is 115 Å². The molecule has 0 spiro atoms. The minimum absolute atomic E-state index is 0.0323. The third-order valence-electron chi connectivity index (χ3n) is 12.5. The third kappa shape index (κ3) is 13.1. The predicted molar refractivity (Wildman–Crippen MR) is 246 cm³/mol. The average molecular weight is 949 g/mol. The van der Waals surface area contributed by atoms with Crippen LogP contribution in [-0.4, -0.2) is 103 Å². The highest BCUT2D eigenvalue weighted by Crippen LogP contribution is 2.31. The van der Waals surface area contributed by atoms with E-state index in [4.69, 9.17) is 0 Å². The molecule has 2 fully saturated rings. The molecule has 2 aliphatic rings. The Morgan fingerprint density at radius 3 is 0.971 bits per heavy atom. The first-order valence-corrected chi connectivity index (χ1v) is 22.7. The summed E-state index contributed by atoms with van der Waals surface area (Å²) in [5, 5.41) is 22.6. The molecule has 360 valence electrons. The van der Waals surface area contributed by atoms with Gasteiger partial charge in [-0.25, -0.2) is 17.6 Å². The molecule has 6 amide bonds. The fraction of sp³-hybridized carbons (Fsp3) is 0.308. The van der Waals surface area contributed by atoms with Crippen molar-refractivity contribution in [3.05, 3.63) is 172 Å². The number of hydrogen-bond donors (Lipinski definition) is 5. The van der Waals surface area contributed by atoms with Crippen LogP contribution in [0.1, 0.15) is 43.0 Å². The highest BCUT2D eigenvalue weighted by atomic mass is 19.1. The number of nitrogens with zero attached hydrogens (tertiary/aromatic N) is 2. The molecule has 4 atom stereocenters. The second-order valence-corrected chi connectivity index (χ2v) is 17.2. The van der Waals surface area contributed by atoms with Crippen LogP contribution in [0.4, 0.5) is 17.6 Å². The zero-order valence-corrected chi connectivity index (χ0v) is 37.6. The minimum Gasteiger partial charge on any atom is -0.507 e. The maximum Gasteiger partial charge on any atom is 0.257 e. The summed E-state index contributed by atoms with van der Waals surface area (Å²) in [7, 11) is 0. The summed E-state index contributed by atoms with van der Waals surface area (Å²) < 4.78 is 53.7. The monoisotopic (exact) mass is 948 g/mol. The Morgan fingerprint density at radius 2 is 0.696 bits per heavy atom. The van der Waals surface area contributed by atoms with E-state index in [9.17, 15) is 51.4 Å². The van der Waals surface area contributed by atoms with Gasteiger partial charge < -0.3 is 36.2 Å². The van der Waals surface area contributed by atoms with Crippen LogP contribution in [0, 0.1) is 46.9 Å². The summed E-state index contributed by atoms with van der Waals surface area (Å²) in [6, 6.07) is 27.0. The van der Waals surface area contributed by atoms with Crippen molar-refractivity contribution in [1.82, 2.24) is 31.1 Å². The molecule has 0 aromatic heterocycles. The number of carbonyl (C=O) groups excluding carboxylic acids is 6. The predicted octanol–water partition coefficient (Wildman–Crippen LogP) is 4.76. The largest absolute Gasteiger partial charge is 0.507 e. The lowest BCUT2D eigenvalue weighted by atomic mass is 9.94. The van der Waals surface area contributed by atoms with Gasteiger partial charge in [-0.3, -0.25) is 28.8 Å². The van der Waals surface area contributed by atoms with E-state index in [1.165, 1.54) is 70.5 Å².